The molecule has 0 unspecified atom stereocenters. The molecule has 0 N–H and O–H groups in total. The topological polar surface area (TPSA) is 0 Å². The van der Waals surface area contributed by atoms with Gasteiger partial charge >= 0.3 is 37.9 Å². The van der Waals surface area contributed by atoms with Crippen molar-refractivity contribution in [1.29, 1.82) is 0 Å². The summed E-state index contributed by atoms with van der Waals surface area (Å²) in [7, 11) is 11.0. The van der Waals surface area contributed by atoms with Crippen LogP contribution in [0.5, 0.6) is 0 Å². The third-order valence-electron chi connectivity index (χ3n) is 10.0. The van der Waals surface area contributed by atoms with Gasteiger partial charge in [-0.1, -0.05) is 172 Å². The number of fused-ring (bicyclic) bond motifs is 4. The van der Waals surface area contributed by atoms with E-state index >= 15 is 0 Å². The van der Waals surface area contributed by atoms with E-state index in [4.69, 9.17) is 17.0 Å². The predicted molar refractivity (Wildman–Crippen MR) is 242 cm³/mol. The van der Waals surface area contributed by atoms with Crippen LogP contribution in [0.3, 0.4) is 0 Å². The first-order valence-corrected chi connectivity index (χ1v) is 27.1. The summed E-state index contributed by atoms with van der Waals surface area (Å²) in [6.07, 6.45) is 0.976. The Morgan fingerprint density at radius 3 is 1.62 bits per heavy atom. The third kappa shape index (κ3) is 9.68. The van der Waals surface area contributed by atoms with Crippen molar-refractivity contribution in [2.24, 2.45) is 0 Å². The second-order valence-corrected chi connectivity index (χ2v) is 18.9. The summed E-state index contributed by atoms with van der Waals surface area (Å²) in [5, 5.41) is 10.7. The van der Waals surface area contributed by atoms with E-state index in [1.807, 2.05) is 0 Å². The van der Waals surface area contributed by atoms with Crippen molar-refractivity contribution < 1.29 is 20.8 Å². The van der Waals surface area contributed by atoms with Crippen LogP contribution >= 0.6 is 17.0 Å². The first kappa shape index (κ1) is 40.6. The van der Waals surface area contributed by atoms with E-state index in [0.717, 1.165) is 15.9 Å². The summed E-state index contributed by atoms with van der Waals surface area (Å²) in [5.74, 6) is 0.563. The van der Waals surface area contributed by atoms with Crippen molar-refractivity contribution in [2.75, 3.05) is 0 Å². The van der Waals surface area contributed by atoms with Crippen molar-refractivity contribution in [3.05, 3.63) is 192 Å². The van der Waals surface area contributed by atoms with E-state index in [2.05, 4.69) is 204 Å². The SMILES string of the molecule is CC(C)c1cc2c(-c3cccc4ccccc34)cccc2[cH-]1.C[Si]C.Cc1ccc(-c2cccc3ccccc23)c2cc(Cc3ccccc3)[cH-]c12.[Cl][Zr+2][Cl]. The molecule has 4 heteroatoms. The average molecular weight is 849 g/mol. The molecule has 0 amide bonds. The molecule has 2 radical (unpaired) electrons. The standard InChI is InChI=1S/C27H21.C22H19.C2H6Si.2ClH.Zr/c1-19-14-15-25(24-13-7-11-22-10-5-6-12-23(22)24)27-18-21(17-26(19)27)16-20-8-3-2-4-9-20;1-15(2)18-13-17-9-6-12-21(22(17)14-18)20-11-5-8-16-7-3-4-10-19(16)20;1-3-2;;;/h2-15,17-18H,16H2,1H3;3-15H,1-2H3;1-2H3;2*1H;/q2*-1;;;;+4/p-2. The zero-order valence-corrected chi connectivity index (χ0v) is 37.2. The van der Waals surface area contributed by atoms with Crippen LogP contribution in [0.4, 0.5) is 0 Å². The molecule has 272 valence electrons. The van der Waals surface area contributed by atoms with Crippen LogP contribution in [0.1, 0.15) is 42.0 Å². The number of aryl methyl sites for hydroxylation is 1. The summed E-state index contributed by atoms with van der Waals surface area (Å²) in [5.41, 5.74) is 10.8. The molecular formula is C51H46Cl2SiZr. The minimum absolute atomic E-state index is 0.563. The quantitative estimate of drug-likeness (QED) is 0.120. The van der Waals surface area contributed by atoms with E-state index in [1.165, 1.54) is 87.6 Å². The van der Waals surface area contributed by atoms with E-state index in [-0.39, 0.29) is 0 Å². The van der Waals surface area contributed by atoms with Gasteiger partial charge in [0.15, 0.2) is 0 Å². The predicted octanol–water partition coefficient (Wildman–Crippen LogP) is 15.9. The molecule has 0 saturated carbocycles. The van der Waals surface area contributed by atoms with Gasteiger partial charge in [0.25, 0.3) is 0 Å². The Morgan fingerprint density at radius 1 is 0.545 bits per heavy atom. The molecule has 0 fully saturated rings. The van der Waals surface area contributed by atoms with Gasteiger partial charge in [-0.3, -0.25) is 0 Å². The summed E-state index contributed by atoms with van der Waals surface area (Å²) in [6, 6.07) is 61.8. The maximum atomic E-state index is 4.93. The van der Waals surface area contributed by atoms with E-state index in [0.29, 0.717) is 5.92 Å². The molecule has 9 aromatic carbocycles. The molecule has 0 aliphatic carbocycles. The van der Waals surface area contributed by atoms with Crippen LogP contribution in [-0.2, 0) is 27.3 Å². The minimum atomic E-state index is -0.826. The third-order valence-corrected chi connectivity index (χ3v) is 10.0. The summed E-state index contributed by atoms with van der Waals surface area (Å²) in [4.78, 5) is 0. The molecule has 0 atom stereocenters. The van der Waals surface area contributed by atoms with Crippen LogP contribution in [0, 0.1) is 6.92 Å². The van der Waals surface area contributed by atoms with Crippen molar-refractivity contribution in [2.45, 2.75) is 46.2 Å². The number of benzene rings is 7. The summed E-state index contributed by atoms with van der Waals surface area (Å²) < 4.78 is 0. The first-order chi connectivity index (χ1) is 26.9. The fourth-order valence-corrected chi connectivity index (χ4v) is 7.42. The second kappa shape index (κ2) is 19.7. The fourth-order valence-electron chi connectivity index (χ4n) is 7.42. The van der Waals surface area contributed by atoms with Gasteiger partial charge in [0.2, 0.25) is 0 Å². The molecule has 0 nitrogen and oxygen atoms in total. The summed E-state index contributed by atoms with van der Waals surface area (Å²) >= 11 is -0.826. The molecule has 0 saturated heterocycles. The van der Waals surface area contributed by atoms with E-state index in [1.54, 1.807) is 0 Å². The van der Waals surface area contributed by atoms with Gasteiger partial charge in [-0.25, -0.2) is 0 Å². The Kier molecular flexibility index (Phi) is 14.6. The van der Waals surface area contributed by atoms with Crippen LogP contribution in [0.25, 0.3) is 65.3 Å². The molecule has 0 aromatic heterocycles. The van der Waals surface area contributed by atoms with Crippen LogP contribution in [0.2, 0.25) is 13.1 Å². The Labute approximate surface area is 348 Å². The monoisotopic (exact) mass is 846 g/mol. The van der Waals surface area contributed by atoms with Gasteiger partial charge in [-0.05, 0) is 50.6 Å². The molecule has 9 aromatic rings. The molecule has 0 aliphatic rings. The molecule has 0 bridgehead atoms. The van der Waals surface area contributed by atoms with Crippen molar-refractivity contribution in [1.82, 2.24) is 0 Å². The summed E-state index contributed by atoms with van der Waals surface area (Å²) in [6.45, 7) is 11.0. The van der Waals surface area contributed by atoms with Crippen LogP contribution in [-0.4, -0.2) is 9.52 Å². The Hall–Kier alpha value is -4.04. The normalized spacial score (nSPS) is 10.7. The number of halogens is 2. The Bertz CT molecular complexity index is 2600. The Balaban J connectivity index is 0.000000166. The van der Waals surface area contributed by atoms with Gasteiger partial charge in [-0.2, -0.15) is 12.1 Å². The fraction of sp³-hybridized carbons (Fsp3) is 0.137. The zero-order chi connectivity index (χ0) is 38.7. The van der Waals surface area contributed by atoms with Gasteiger partial charge in [0.1, 0.15) is 0 Å². The number of hydrogen-bond acceptors (Lipinski definition) is 0. The maximum absolute atomic E-state index is 4.93. The van der Waals surface area contributed by atoms with Crippen molar-refractivity contribution in [3.63, 3.8) is 0 Å². The van der Waals surface area contributed by atoms with Crippen molar-refractivity contribution >= 4 is 69.6 Å². The van der Waals surface area contributed by atoms with Crippen LogP contribution in [0.15, 0.2) is 170 Å². The van der Waals surface area contributed by atoms with Crippen LogP contribution < -0.4 is 0 Å². The molecule has 9 rings (SSSR count). The molecular weight excluding hydrogens is 803 g/mol. The van der Waals surface area contributed by atoms with Gasteiger partial charge in [0.05, 0.1) is 0 Å². The Morgan fingerprint density at radius 2 is 1.04 bits per heavy atom. The van der Waals surface area contributed by atoms with E-state index < -0.39 is 20.8 Å². The molecule has 55 heavy (non-hydrogen) atoms. The van der Waals surface area contributed by atoms with Gasteiger partial charge in [-0.15, -0.1) is 68.6 Å². The number of hydrogen-bond donors (Lipinski definition) is 0. The van der Waals surface area contributed by atoms with E-state index in [9.17, 15) is 0 Å². The number of rotatable bonds is 5. The zero-order valence-electron chi connectivity index (χ0n) is 32.2. The molecule has 0 aliphatic heterocycles. The molecule has 0 heterocycles. The van der Waals surface area contributed by atoms with Gasteiger partial charge in [0, 0.05) is 9.52 Å². The van der Waals surface area contributed by atoms with Gasteiger partial charge < -0.3 is 0 Å². The molecule has 0 spiro atoms. The average Bonchev–Trinajstić information content (AvgIpc) is 3.85. The first-order valence-electron chi connectivity index (χ1n) is 18.8. The second-order valence-electron chi connectivity index (χ2n) is 14.2. The van der Waals surface area contributed by atoms with Crippen molar-refractivity contribution in [3.8, 4) is 22.3 Å².